The number of carbonyl (C=O) groups is 1. The van der Waals surface area contributed by atoms with Crippen molar-refractivity contribution in [3.8, 4) is 0 Å². The van der Waals surface area contributed by atoms with E-state index >= 15 is 0 Å². The van der Waals surface area contributed by atoms with Gasteiger partial charge in [-0.2, -0.15) is 0 Å². The van der Waals surface area contributed by atoms with E-state index in [2.05, 4.69) is 6.92 Å². The topological polar surface area (TPSA) is 26.3 Å². The molecule has 0 N–H and O–H groups in total. The third-order valence-electron chi connectivity index (χ3n) is 1.88. The number of ether oxygens (including phenoxy) is 1. The van der Waals surface area contributed by atoms with E-state index in [4.69, 9.17) is 4.74 Å². The number of rotatable bonds is 2. The van der Waals surface area contributed by atoms with Crippen LogP contribution in [0, 0.1) is 6.92 Å². The summed E-state index contributed by atoms with van der Waals surface area (Å²) in [7, 11) is 0. The first kappa shape index (κ1) is 11.8. The highest BCUT2D eigenvalue weighted by molar-refractivity contribution is 5.89. The Morgan fingerprint density at radius 1 is 1.27 bits per heavy atom. The lowest BCUT2D eigenvalue weighted by atomic mass is 10.1. The maximum absolute atomic E-state index is 11.6. The fraction of sp³-hybridized carbons (Fsp3) is 0.385. The Morgan fingerprint density at radius 3 is 2.20 bits per heavy atom. The molecule has 81 valence electrons. The van der Waals surface area contributed by atoms with Gasteiger partial charge < -0.3 is 4.74 Å². The molecule has 0 bridgehead atoms. The molecule has 0 heterocycles. The molecule has 15 heavy (non-hydrogen) atoms. The molecule has 2 nitrogen and oxygen atoms in total. The van der Waals surface area contributed by atoms with Crippen LogP contribution in [0.1, 0.15) is 36.7 Å². The second kappa shape index (κ2) is 4.47. The third kappa shape index (κ3) is 3.74. The number of esters is 1. The van der Waals surface area contributed by atoms with Gasteiger partial charge in [-0.15, -0.1) is 0 Å². The first-order chi connectivity index (χ1) is 6.92. The predicted molar refractivity (Wildman–Crippen MR) is 60.7 cm³/mol. The summed E-state index contributed by atoms with van der Waals surface area (Å²) in [6, 6.07) is 7.34. The molecular weight excluding hydrogens is 188 g/mol. The van der Waals surface area contributed by atoms with Gasteiger partial charge in [-0.1, -0.05) is 12.1 Å². The molecule has 0 aliphatic carbocycles. The van der Waals surface area contributed by atoms with E-state index in [0.717, 1.165) is 12.0 Å². The Bertz CT molecular complexity index is 331. The van der Waals surface area contributed by atoms with Crippen molar-refractivity contribution in [3.05, 3.63) is 42.3 Å². The van der Waals surface area contributed by atoms with Crippen LogP contribution in [-0.4, -0.2) is 11.6 Å². The molecule has 0 unspecified atom stereocenters. The molecule has 2 heteroatoms. The second-order valence-corrected chi connectivity index (χ2v) is 4.45. The number of hydrogen-bond donors (Lipinski definition) is 0. The summed E-state index contributed by atoms with van der Waals surface area (Å²) >= 11 is 0. The molecule has 0 saturated carbocycles. The summed E-state index contributed by atoms with van der Waals surface area (Å²) in [5, 5.41) is 0. The smallest absolute Gasteiger partial charge is 0.338 e. The minimum atomic E-state index is -0.442. The molecule has 0 spiro atoms. The van der Waals surface area contributed by atoms with E-state index in [1.807, 2.05) is 32.9 Å². The van der Waals surface area contributed by atoms with Crippen molar-refractivity contribution < 1.29 is 9.53 Å². The molecule has 0 aliphatic heterocycles. The van der Waals surface area contributed by atoms with E-state index in [1.165, 1.54) is 0 Å². The molecule has 0 aromatic heterocycles. The highest BCUT2D eigenvalue weighted by atomic mass is 16.6. The SMILES string of the molecule is [CH2]Cc1ccc(C(=O)OC(C)(C)C)cc1. The van der Waals surface area contributed by atoms with Crippen molar-refractivity contribution in [2.75, 3.05) is 0 Å². The molecule has 0 fully saturated rings. The van der Waals surface area contributed by atoms with Gasteiger partial charge in [-0.3, -0.25) is 0 Å². The maximum atomic E-state index is 11.6. The number of carbonyl (C=O) groups excluding carboxylic acids is 1. The lowest BCUT2D eigenvalue weighted by molar-refractivity contribution is 0.00695. The molecule has 1 aromatic rings. The van der Waals surface area contributed by atoms with Crippen LogP contribution in [0.3, 0.4) is 0 Å². The van der Waals surface area contributed by atoms with Crippen molar-refractivity contribution in [2.45, 2.75) is 32.8 Å². The van der Waals surface area contributed by atoms with Crippen molar-refractivity contribution in [1.82, 2.24) is 0 Å². The van der Waals surface area contributed by atoms with Gasteiger partial charge in [0.15, 0.2) is 0 Å². The first-order valence-electron chi connectivity index (χ1n) is 5.04. The summed E-state index contributed by atoms with van der Waals surface area (Å²) < 4.78 is 5.24. The maximum Gasteiger partial charge on any atom is 0.338 e. The van der Waals surface area contributed by atoms with E-state index in [9.17, 15) is 4.79 Å². The van der Waals surface area contributed by atoms with Crippen molar-refractivity contribution in [1.29, 1.82) is 0 Å². The van der Waals surface area contributed by atoms with Crippen LogP contribution in [0.25, 0.3) is 0 Å². The largest absolute Gasteiger partial charge is 0.456 e. The lowest BCUT2D eigenvalue weighted by Crippen LogP contribution is -2.23. The lowest BCUT2D eigenvalue weighted by Gasteiger charge is -2.19. The predicted octanol–water partition coefficient (Wildman–Crippen LogP) is 3.02. The number of benzene rings is 1. The third-order valence-corrected chi connectivity index (χ3v) is 1.88. The van der Waals surface area contributed by atoms with Crippen molar-refractivity contribution >= 4 is 5.97 Å². The van der Waals surface area contributed by atoms with E-state index in [-0.39, 0.29) is 5.97 Å². The average Bonchev–Trinajstić information content (AvgIpc) is 2.15. The molecule has 0 saturated heterocycles. The van der Waals surface area contributed by atoms with Gasteiger partial charge in [0.05, 0.1) is 5.56 Å². The van der Waals surface area contributed by atoms with E-state index in [0.29, 0.717) is 5.56 Å². The van der Waals surface area contributed by atoms with Gasteiger partial charge in [0.1, 0.15) is 5.60 Å². The van der Waals surface area contributed by atoms with Gasteiger partial charge in [-0.25, -0.2) is 4.79 Å². The Balaban J connectivity index is 2.75. The Kier molecular flexibility index (Phi) is 3.51. The monoisotopic (exact) mass is 205 g/mol. The quantitative estimate of drug-likeness (QED) is 0.694. The zero-order valence-corrected chi connectivity index (χ0v) is 9.54. The van der Waals surface area contributed by atoms with Gasteiger partial charge in [0.25, 0.3) is 0 Å². The van der Waals surface area contributed by atoms with Crippen LogP contribution < -0.4 is 0 Å². The first-order valence-corrected chi connectivity index (χ1v) is 5.04. The van der Waals surface area contributed by atoms with E-state index in [1.54, 1.807) is 12.1 Å². The summed E-state index contributed by atoms with van der Waals surface area (Å²) in [6.07, 6.45) is 0.731. The molecule has 0 aliphatic rings. The zero-order valence-electron chi connectivity index (χ0n) is 9.54. The second-order valence-electron chi connectivity index (χ2n) is 4.45. The van der Waals surface area contributed by atoms with Crippen LogP contribution in [0.5, 0.6) is 0 Å². The molecular formula is C13H17O2. The molecule has 1 radical (unpaired) electrons. The molecule has 0 atom stereocenters. The standard InChI is InChI=1S/C13H17O2/c1-5-10-6-8-11(9-7-10)12(14)15-13(2,3)4/h6-9H,1,5H2,2-4H3. The van der Waals surface area contributed by atoms with E-state index < -0.39 is 5.60 Å². The van der Waals surface area contributed by atoms with Gasteiger partial charge >= 0.3 is 5.97 Å². The molecule has 1 aromatic carbocycles. The fourth-order valence-corrected chi connectivity index (χ4v) is 1.14. The van der Waals surface area contributed by atoms with Crippen LogP contribution in [0.4, 0.5) is 0 Å². The fourth-order valence-electron chi connectivity index (χ4n) is 1.14. The van der Waals surface area contributed by atoms with Crippen LogP contribution in [0.2, 0.25) is 0 Å². The normalized spacial score (nSPS) is 11.2. The average molecular weight is 205 g/mol. The Labute approximate surface area is 91.3 Å². The summed E-state index contributed by atoms with van der Waals surface area (Å²) in [4.78, 5) is 11.6. The van der Waals surface area contributed by atoms with Gasteiger partial charge in [0.2, 0.25) is 0 Å². The van der Waals surface area contributed by atoms with Gasteiger partial charge in [0, 0.05) is 0 Å². The Morgan fingerprint density at radius 2 is 1.80 bits per heavy atom. The van der Waals surface area contributed by atoms with Gasteiger partial charge in [-0.05, 0) is 51.8 Å². The highest BCUT2D eigenvalue weighted by Crippen LogP contribution is 2.12. The highest BCUT2D eigenvalue weighted by Gasteiger charge is 2.17. The summed E-state index contributed by atoms with van der Waals surface area (Å²) in [5.41, 5.74) is 1.26. The summed E-state index contributed by atoms with van der Waals surface area (Å²) in [5.74, 6) is -0.280. The van der Waals surface area contributed by atoms with Crippen molar-refractivity contribution in [3.63, 3.8) is 0 Å². The number of hydrogen-bond acceptors (Lipinski definition) is 2. The summed E-state index contributed by atoms with van der Waals surface area (Å²) in [6.45, 7) is 9.34. The Hall–Kier alpha value is -1.31. The minimum Gasteiger partial charge on any atom is -0.456 e. The molecule has 0 amide bonds. The zero-order chi connectivity index (χ0) is 11.5. The van der Waals surface area contributed by atoms with Crippen LogP contribution in [-0.2, 0) is 11.2 Å². The van der Waals surface area contributed by atoms with Crippen LogP contribution in [0.15, 0.2) is 24.3 Å². The molecule has 1 rings (SSSR count). The van der Waals surface area contributed by atoms with Crippen molar-refractivity contribution in [2.24, 2.45) is 0 Å². The minimum absolute atomic E-state index is 0.280. The van der Waals surface area contributed by atoms with Crippen LogP contribution >= 0.6 is 0 Å².